The number of pyridine rings is 1. The Labute approximate surface area is 126 Å². The van der Waals surface area contributed by atoms with Gasteiger partial charge in [-0.15, -0.1) is 0 Å². The van der Waals surface area contributed by atoms with Gasteiger partial charge < -0.3 is 10.1 Å². The van der Waals surface area contributed by atoms with Crippen molar-refractivity contribution >= 4 is 23.3 Å². The number of anilines is 1. The Morgan fingerprint density at radius 1 is 1.38 bits per heavy atom. The number of hydrogen-bond acceptors (Lipinski definition) is 4. The van der Waals surface area contributed by atoms with Crippen LogP contribution in [0.4, 0.5) is 10.1 Å². The second-order valence-corrected chi connectivity index (χ2v) is 4.90. The molecule has 0 bridgehead atoms. The zero-order valence-corrected chi connectivity index (χ0v) is 12.3. The normalized spacial score (nSPS) is 11.8. The van der Waals surface area contributed by atoms with Crippen LogP contribution >= 0.6 is 11.6 Å². The molecule has 21 heavy (non-hydrogen) atoms. The van der Waals surface area contributed by atoms with Crippen molar-refractivity contribution in [1.82, 2.24) is 4.98 Å². The second-order valence-electron chi connectivity index (χ2n) is 4.49. The largest absolute Gasteiger partial charge is 0.465 e. The van der Waals surface area contributed by atoms with Crippen molar-refractivity contribution in [2.45, 2.75) is 13.0 Å². The molecule has 4 nitrogen and oxygen atoms in total. The molecule has 2 aromatic rings. The van der Waals surface area contributed by atoms with Crippen LogP contribution < -0.4 is 5.32 Å². The van der Waals surface area contributed by atoms with E-state index in [1.807, 2.05) is 6.92 Å². The van der Waals surface area contributed by atoms with Crippen LogP contribution in [0, 0.1) is 5.82 Å². The molecule has 1 atom stereocenters. The highest BCUT2D eigenvalue weighted by atomic mass is 35.5. The van der Waals surface area contributed by atoms with E-state index in [-0.39, 0.29) is 11.6 Å². The lowest BCUT2D eigenvalue weighted by atomic mass is 10.1. The summed E-state index contributed by atoms with van der Waals surface area (Å²) in [6.45, 7) is 1.86. The second kappa shape index (κ2) is 6.54. The minimum atomic E-state index is -0.510. The predicted molar refractivity (Wildman–Crippen MR) is 79.0 cm³/mol. The van der Waals surface area contributed by atoms with Gasteiger partial charge in [0.05, 0.1) is 29.9 Å². The average Bonchev–Trinajstić information content (AvgIpc) is 2.48. The number of halogens is 2. The van der Waals surface area contributed by atoms with Gasteiger partial charge in [0.2, 0.25) is 0 Å². The van der Waals surface area contributed by atoms with E-state index in [1.165, 1.54) is 13.2 Å². The maximum atomic E-state index is 13.2. The standard InChI is InChI=1S/C15H14ClFN2O2/c1-9(10-5-11(17)8-18-7-10)19-12-3-4-14(16)13(6-12)15(20)21-2/h3-9,19H,1-2H3. The molecule has 1 aromatic heterocycles. The Kier molecular flexibility index (Phi) is 4.75. The van der Waals surface area contributed by atoms with E-state index in [1.54, 1.807) is 24.4 Å². The van der Waals surface area contributed by atoms with Crippen molar-refractivity contribution < 1.29 is 13.9 Å². The molecule has 0 spiro atoms. The molecule has 0 aliphatic heterocycles. The molecular formula is C15H14ClFN2O2. The number of nitrogens with zero attached hydrogens (tertiary/aromatic N) is 1. The highest BCUT2D eigenvalue weighted by Gasteiger charge is 2.13. The molecule has 110 valence electrons. The molecule has 0 fully saturated rings. The van der Waals surface area contributed by atoms with Crippen molar-refractivity contribution in [1.29, 1.82) is 0 Å². The van der Waals surface area contributed by atoms with Crippen molar-refractivity contribution in [2.24, 2.45) is 0 Å². The fourth-order valence-corrected chi connectivity index (χ4v) is 2.07. The first-order valence-electron chi connectivity index (χ1n) is 6.26. The monoisotopic (exact) mass is 308 g/mol. The SMILES string of the molecule is COC(=O)c1cc(NC(C)c2cncc(F)c2)ccc1Cl. The smallest absolute Gasteiger partial charge is 0.339 e. The van der Waals surface area contributed by atoms with Crippen molar-refractivity contribution in [3.05, 3.63) is 58.6 Å². The summed E-state index contributed by atoms with van der Waals surface area (Å²) in [5.41, 5.74) is 1.65. The van der Waals surface area contributed by atoms with Gasteiger partial charge in [-0.3, -0.25) is 4.98 Å². The van der Waals surface area contributed by atoms with Crippen LogP contribution in [-0.4, -0.2) is 18.1 Å². The molecule has 1 unspecified atom stereocenters. The molecule has 0 saturated heterocycles. The molecule has 0 aliphatic rings. The summed E-state index contributed by atoms with van der Waals surface area (Å²) in [5, 5.41) is 3.47. The molecule has 1 aromatic carbocycles. The molecule has 6 heteroatoms. The first-order chi connectivity index (χ1) is 10.0. The lowest BCUT2D eigenvalue weighted by molar-refractivity contribution is 0.0601. The molecule has 1 N–H and O–H groups in total. The summed E-state index contributed by atoms with van der Waals surface area (Å²) in [6, 6.07) is 6.16. The summed E-state index contributed by atoms with van der Waals surface area (Å²) < 4.78 is 17.8. The van der Waals surface area contributed by atoms with Gasteiger partial charge in [0.1, 0.15) is 5.82 Å². The fourth-order valence-electron chi connectivity index (χ4n) is 1.88. The van der Waals surface area contributed by atoms with E-state index in [0.29, 0.717) is 16.3 Å². The topological polar surface area (TPSA) is 51.2 Å². The highest BCUT2D eigenvalue weighted by Crippen LogP contribution is 2.24. The van der Waals surface area contributed by atoms with E-state index in [9.17, 15) is 9.18 Å². The van der Waals surface area contributed by atoms with Crippen LogP contribution in [0.25, 0.3) is 0 Å². The van der Waals surface area contributed by atoms with Crippen LogP contribution in [0.15, 0.2) is 36.7 Å². The lowest BCUT2D eigenvalue weighted by Crippen LogP contribution is -2.09. The minimum absolute atomic E-state index is 0.181. The maximum Gasteiger partial charge on any atom is 0.339 e. The number of rotatable bonds is 4. The van der Waals surface area contributed by atoms with Crippen molar-refractivity contribution in [3.8, 4) is 0 Å². The summed E-state index contributed by atoms with van der Waals surface area (Å²) >= 11 is 5.96. The van der Waals surface area contributed by atoms with Crippen LogP contribution in [0.1, 0.15) is 28.9 Å². The number of benzene rings is 1. The molecule has 1 heterocycles. The van der Waals surface area contributed by atoms with Gasteiger partial charge in [0, 0.05) is 11.9 Å². The van der Waals surface area contributed by atoms with E-state index in [2.05, 4.69) is 15.0 Å². The molecule has 0 amide bonds. The predicted octanol–water partition coefficient (Wildman–Crippen LogP) is 3.83. The molecule has 2 rings (SSSR count). The number of ether oxygens (including phenoxy) is 1. The van der Waals surface area contributed by atoms with E-state index in [4.69, 9.17) is 11.6 Å². The number of carbonyl (C=O) groups excluding carboxylic acids is 1. The maximum absolute atomic E-state index is 13.2. The van der Waals surface area contributed by atoms with Gasteiger partial charge in [-0.2, -0.15) is 0 Å². The Morgan fingerprint density at radius 2 is 2.14 bits per heavy atom. The van der Waals surface area contributed by atoms with E-state index >= 15 is 0 Å². The first-order valence-corrected chi connectivity index (χ1v) is 6.64. The first kappa shape index (κ1) is 15.3. The third-order valence-corrected chi connectivity index (χ3v) is 3.31. The van der Waals surface area contributed by atoms with Gasteiger partial charge in [-0.25, -0.2) is 9.18 Å². The van der Waals surface area contributed by atoms with E-state index in [0.717, 1.165) is 6.20 Å². The zero-order chi connectivity index (χ0) is 15.4. The summed E-state index contributed by atoms with van der Waals surface area (Å²) in [6.07, 6.45) is 2.73. The van der Waals surface area contributed by atoms with Crippen LogP contribution in [0.5, 0.6) is 0 Å². The number of methoxy groups -OCH3 is 1. The zero-order valence-electron chi connectivity index (χ0n) is 11.6. The summed E-state index contributed by atoms with van der Waals surface area (Å²) in [5.74, 6) is -0.906. The van der Waals surface area contributed by atoms with Gasteiger partial charge >= 0.3 is 5.97 Å². The van der Waals surface area contributed by atoms with Gasteiger partial charge in [0.25, 0.3) is 0 Å². The van der Waals surface area contributed by atoms with Crippen molar-refractivity contribution in [3.63, 3.8) is 0 Å². The van der Waals surface area contributed by atoms with Gasteiger partial charge in [-0.1, -0.05) is 11.6 Å². The number of carbonyl (C=O) groups is 1. The van der Waals surface area contributed by atoms with Gasteiger partial charge in [-0.05, 0) is 36.8 Å². The molecule has 0 radical (unpaired) electrons. The third kappa shape index (κ3) is 3.70. The Balaban J connectivity index is 2.21. The highest BCUT2D eigenvalue weighted by molar-refractivity contribution is 6.33. The summed E-state index contributed by atoms with van der Waals surface area (Å²) in [7, 11) is 1.29. The average molecular weight is 309 g/mol. The lowest BCUT2D eigenvalue weighted by Gasteiger charge is -2.16. The molecular weight excluding hydrogens is 295 g/mol. The molecule has 0 saturated carbocycles. The Morgan fingerprint density at radius 3 is 2.81 bits per heavy atom. The van der Waals surface area contributed by atoms with Crippen molar-refractivity contribution in [2.75, 3.05) is 12.4 Å². The third-order valence-electron chi connectivity index (χ3n) is 2.98. The van der Waals surface area contributed by atoms with Crippen LogP contribution in [0.3, 0.4) is 0 Å². The number of nitrogens with one attached hydrogen (secondary N) is 1. The summed E-state index contributed by atoms with van der Waals surface area (Å²) in [4.78, 5) is 15.4. The number of hydrogen-bond donors (Lipinski definition) is 1. The minimum Gasteiger partial charge on any atom is -0.465 e. The number of aromatic nitrogens is 1. The Bertz CT molecular complexity index is 664. The quantitative estimate of drug-likeness (QED) is 0.872. The Hall–Kier alpha value is -2.14. The number of esters is 1. The molecule has 0 aliphatic carbocycles. The van der Waals surface area contributed by atoms with Crippen LogP contribution in [0.2, 0.25) is 5.02 Å². The van der Waals surface area contributed by atoms with Gasteiger partial charge in [0.15, 0.2) is 0 Å². The van der Waals surface area contributed by atoms with E-state index < -0.39 is 11.8 Å². The fraction of sp³-hybridized carbons (Fsp3) is 0.200. The van der Waals surface area contributed by atoms with Crippen LogP contribution in [-0.2, 0) is 4.74 Å².